The van der Waals surface area contributed by atoms with Crippen LogP contribution in [0.3, 0.4) is 0 Å². The number of hydrogen-bond donors (Lipinski definition) is 3. The molecule has 1 aliphatic heterocycles. The second kappa shape index (κ2) is 3.26. The molecule has 1 aliphatic rings. The smallest absolute Gasteiger partial charge is 0.0944 e. The molecule has 4 N–H and O–H groups in total. The van der Waals surface area contributed by atoms with Crippen molar-refractivity contribution in [3.63, 3.8) is 0 Å². The van der Waals surface area contributed by atoms with E-state index in [2.05, 4.69) is 11.4 Å². The van der Waals surface area contributed by atoms with Crippen molar-refractivity contribution in [2.24, 2.45) is 5.73 Å². The Labute approximate surface area is 83.9 Å². The molecule has 0 aliphatic carbocycles. The molecule has 14 heavy (non-hydrogen) atoms. The number of hydrogen-bond acceptors (Lipinski definition) is 3. The Hall–Kier alpha value is -1.06. The maximum Gasteiger partial charge on any atom is 0.0944 e. The minimum absolute atomic E-state index is 0.0323. The average Bonchev–Trinajstić information content (AvgIpc) is 2.61. The summed E-state index contributed by atoms with van der Waals surface area (Å²) >= 11 is 0. The third-order valence-electron chi connectivity index (χ3n) is 2.94. The molecule has 0 radical (unpaired) electrons. The van der Waals surface area contributed by atoms with Crippen molar-refractivity contribution in [2.45, 2.75) is 25.0 Å². The quantitative estimate of drug-likeness (QED) is 0.647. The summed E-state index contributed by atoms with van der Waals surface area (Å²) < 4.78 is 0. The van der Waals surface area contributed by atoms with Gasteiger partial charge in [0.2, 0.25) is 0 Å². The van der Waals surface area contributed by atoms with Crippen molar-refractivity contribution in [2.75, 3.05) is 11.9 Å². The van der Waals surface area contributed by atoms with E-state index in [1.807, 2.05) is 18.2 Å². The highest BCUT2D eigenvalue weighted by molar-refractivity contribution is 5.57. The van der Waals surface area contributed by atoms with Crippen molar-refractivity contribution in [1.82, 2.24) is 0 Å². The van der Waals surface area contributed by atoms with Crippen LogP contribution in [0.25, 0.3) is 0 Å². The minimum Gasteiger partial charge on any atom is -0.387 e. The normalized spacial score (nSPS) is 23.8. The molecule has 2 unspecified atom stereocenters. The lowest BCUT2D eigenvalue weighted by molar-refractivity contribution is 0.0506. The molecule has 0 saturated carbocycles. The molecule has 1 heterocycles. The first-order valence-corrected chi connectivity index (χ1v) is 4.90. The van der Waals surface area contributed by atoms with E-state index < -0.39 is 5.60 Å². The van der Waals surface area contributed by atoms with Gasteiger partial charge in [0.15, 0.2) is 0 Å². The van der Waals surface area contributed by atoms with E-state index in [1.165, 1.54) is 5.56 Å². The summed E-state index contributed by atoms with van der Waals surface area (Å²) in [6.07, 6.45) is 0.848. The Balaban J connectivity index is 2.19. The summed E-state index contributed by atoms with van der Waals surface area (Å²) in [4.78, 5) is 0. The van der Waals surface area contributed by atoms with Gasteiger partial charge in [0, 0.05) is 12.2 Å². The summed E-state index contributed by atoms with van der Waals surface area (Å²) in [5.74, 6) is 0. The number of para-hydroxylation sites is 1. The minimum atomic E-state index is -0.834. The lowest BCUT2D eigenvalue weighted by atomic mass is 9.94. The number of anilines is 1. The van der Waals surface area contributed by atoms with Gasteiger partial charge in [0.1, 0.15) is 0 Å². The standard InChI is InChI=1S/C11H16N2O/c1-11(14,7-12)10-6-8-4-2-3-5-9(8)13-10/h2-5,10,13-14H,6-7,12H2,1H3. The highest BCUT2D eigenvalue weighted by Crippen LogP contribution is 2.29. The first-order chi connectivity index (χ1) is 6.63. The molecule has 3 nitrogen and oxygen atoms in total. The first kappa shape index (κ1) is 9.49. The van der Waals surface area contributed by atoms with E-state index in [0.717, 1.165) is 12.1 Å². The molecule has 0 spiro atoms. The monoisotopic (exact) mass is 192 g/mol. The first-order valence-electron chi connectivity index (χ1n) is 4.90. The molecule has 0 aromatic heterocycles. The SMILES string of the molecule is CC(O)(CN)C1Cc2ccccc2N1. The van der Waals surface area contributed by atoms with Gasteiger partial charge in [0.05, 0.1) is 11.6 Å². The van der Waals surface area contributed by atoms with Gasteiger partial charge in [-0.1, -0.05) is 18.2 Å². The Bertz CT molecular complexity index is 311. The largest absolute Gasteiger partial charge is 0.387 e. The molecule has 0 amide bonds. The van der Waals surface area contributed by atoms with Crippen LogP contribution in [0.5, 0.6) is 0 Å². The summed E-state index contributed by atoms with van der Waals surface area (Å²) in [7, 11) is 0. The second-order valence-electron chi connectivity index (χ2n) is 4.12. The third-order valence-corrected chi connectivity index (χ3v) is 2.94. The summed E-state index contributed by atoms with van der Waals surface area (Å²) in [6, 6.07) is 8.15. The predicted octanol–water partition coefficient (Wildman–Crippen LogP) is 0.733. The van der Waals surface area contributed by atoms with E-state index in [4.69, 9.17) is 5.73 Å². The molecule has 1 aromatic rings. The molecule has 3 heteroatoms. The number of nitrogens with one attached hydrogen (secondary N) is 1. The van der Waals surface area contributed by atoms with Crippen LogP contribution in [0.4, 0.5) is 5.69 Å². The van der Waals surface area contributed by atoms with Gasteiger partial charge in [-0.3, -0.25) is 0 Å². The van der Waals surface area contributed by atoms with Gasteiger partial charge in [-0.05, 0) is 25.0 Å². The fourth-order valence-corrected chi connectivity index (χ4v) is 1.82. The van der Waals surface area contributed by atoms with Gasteiger partial charge in [-0.15, -0.1) is 0 Å². The molecule has 2 atom stereocenters. The number of nitrogens with two attached hydrogens (primary N) is 1. The lowest BCUT2D eigenvalue weighted by Crippen LogP contribution is -2.49. The molecule has 0 saturated heterocycles. The fraction of sp³-hybridized carbons (Fsp3) is 0.455. The highest BCUT2D eigenvalue weighted by Gasteiger charge is 2.34. The molecule has 0 bridgehead atoms. The molecule has 76 valence electrons. The van der Waals surface area contributed by atoms with Crippen LogP contribution >= 0.6 is 0 Å². The number of aliphatic hydroxyl groups is 1. The molecule has 0 fully saturated rings. The van der Waals surface area contributed by atoms with Gasteiger partial charge in [0.25, 0.3) is 0 Å². The zero-order valence-corrected chi connectivity index (χ0v) is 8.33. The lowest BCUT2D eigenvalue weighted by Gasteiger charge is -2.28. The van der Waals surface area contributed by atoms with E-state index in [9.17, 15) is 5.11 Å². The maximum absolute atomic E-state index is 10.0. The predicted molar refractivity (Wildman–Crippen MR) is 57.2 cm³/mol. The van der Waals surface area contributed by atoms with Crippen molar-refractivity contribution in [3.8, 4) is 0 Å². The summed E-state index contributed by atoms with van der Waals surface area (Å²) in [5, 5.41) is 13.3. The van der Waals surface area contributed by atoms with Crippen LogP contribution in [-0.2, 0) is 6.42 Å². The molecular weight excluding hydrogens is 176 g/mol. The van der Waals surface area contributed by atoms with Crippen LogP contribution < -0.4 is 11.1 Å². The van der Waals surface area contributed by atoms with Crippen molar-refractivity contribution >= 4 is 5.69 Å². The van der Waals surface area contributed by atoms with E-state index >= 15 is 0 Å². The van der Waals surface area contributed by atoms with Gasteiger partial charge >= 0.3 is 0 Å². The number of benzene rings is 1. The fourth-order valence-electron chi connectivity index (χ4n) is 1.82. The number of rotatable bonds is 2. The average molecular weight is 192 g/mol. The number of fused-ring (bicyclic) bond motifs is 1. The zero-order valence-electron chi connectivity index (χ0n) is 8.33. The Morgan fingerprint density at radius 2 is 2.29 bits per heavy atom. The third kappa shape index (κ3) is 1.49. The van der Waals surface area contributed by atoms with Crippen LogP contribution in [-0.4, -0.2) is 23.3 Å². The van der Waals surface area contributed by atoms with E-state index in [-0.39, 0.29) is 12.6 Å². The van der Waals surface area contributed by atoms with E-state index in [1.54, 1.807) is 6.92 Å². The van der Waals surface area contributed by atoms with Crippen LogP contribution in [0.2, 0.25) is 0 Å². The Kier molecular flexibility index (Phi) is 2.21. The second-order valence-corrected chi connectivity index (χ2v) is 4.12. The Morgan fingerprint density at radius 3 is 2.93 bits per heavy atom. The summed E-state index contributed by atoms with van der Waals surface area (Å²) in [5.41, 5.74) is 7.07. The topological polar surface area (TPSA) is 58.3 Å². The van der Waals surface area contributed by atoms with Gasteiger partial charge in [-0.2, -0.15) is 0 Å². The molecular formula is C11H16N2O. The Morgan fingerprint density at radius 1 is 1.57 bits per heavy atom. The van der Waals surface area contributed by atoms with E-state index in [0.29, 0.717) is 0 Å². The van der Waals surface area contributed by atoms with Crippen molar-refractivity contribution in [3.05, 3.63) is 29.8 Å². The molecule has 1 aromatic carbocycles. The van der Waals surface area contributed by atoms with Crippen LogP contribution in [0, 0.1) is 0 Å². The summed E-state index contributed by atoms with van der Waals surface area (Å²) in [6.45, 7) is 2.05. The molecule has 2 rings (SSSR count). The van der Waals surface area contributed by atoms with Gasteiger partial charge in [-0.25, -0.2) is 0 Å². The van der Waals surface area contributed by atoms with Crippen molar-refractivity contribution < 1.29 is 5.11 Å². The van der Waals surface area contributed by atoms with Crippen LogP contribution in [0.1, 0.15) is 12.5 Å². The van der Waals surface area contributed by atoms with Crippen LogP contribution in [0.15, 0.2) is 24.3 Å². The maximum atomic E-state index is 10.0. The van der Waals surface area contributed by atoms with Gasteiger partial charge < -0.3 is 16.2 Å². The van der Waals surface area contributed by atoms with Crippen molar-refractivity contribution in [1.29, 1.82) is 0 Å². The highest BCUT2D eigenvalue weighted by atomic mass is 16.3. The zero-order chi connectivity index (χ0) is 10.2.